The van der Waals surface area contributed by atoms with Crippen LogP contribution < -0.4 is 9.47 Å². The van der Waals surface area contributed by atoms with E-state index in [0.717, 1.165) is 35.3 Å². The van der Waals surface area contributed by atoms with Crippen molar-refractivity contribution in [1.29, 1.82) is 0 Å². The van der Waals surface area contributed by atoms with Gasteiger partial charge >= 0.3 is 0 Å². The van der Waals surface area contributed by atoms with E-state index in [9.17, 15) is 4.79 Å². The van der Waals surface area contributed by atoms with E-state index in [1.165, 1.54) is 5.56 Å². The molecule has 0 radical (unpaired) electrons. The number of benzene rings is 1. The van der Waals surface area contributed by atoms with E-state index in [2.05, 4.69) is 0 Å². The van der Waals surface area contributed by atoms with Crippen LogP contribution in [-0.4, -0.2) is 20.5 Å². The van der Waals surface area contributed by atoms with Gasteiger partial charge in [-0.25, -0.2) is 0 Å². The molecule has 0 aliphatic carbocycles. The van der Waals surface area contributed by atoms with Crippen LogP contribution in [0.2, 0.25) is 0 Å². The van der Waals surface area contributed by atoms with Crippen LogP contribution in [0.4, 0.5) is 0 Å². The van der Waals surface area contributed by atoms with Crippen LogP contribution in [0.5, 0.6) is 11.5 Å². The molecule has 0 aliphatic heterocycles. The molecule has 3 nitrogen and oxygen atoms in total. The monoisotopic (exact) mass is 222 g/mol. The van der Waals surface area contributed by atoms with E-state index in [4.69, 9.17) is 9.47 Å². The van der Waals surface area contributed by atoms with Crippen LogP contribution in [0.15, 0.2) is 6.07 Å². The van der Waals surface area contributed by atoms with Gasteiger partial charge in [-0.15, -0.1) is 0 Å². The molecule has 0 N–H and O–H groups in total. The largest absolute Gasteiger partial charge is 0.493 e. The average Bonchev–Trinajstić information content (AvgIpc) is 2.30. The zero-order valence-corrected chi connectivity index (χ0v) is 10.3. The summed E-state index contributed by atoms with van der Waals surface area (Å²) >= 11 is 0. The molecule has 0 atom stereocenters. The Labute approximate surface area is 96.4 Å². The Bertz CT molecular complexity index is 383. The van der Waals surface area contributed by atoms with Gasteiger partial charge < -0.3 is 14.3 Å². The minimum Gasteiger partial charge on any atom is -0.493 e. The number of hydrogen-bond donors (Lipinski definition) is 0. The molecule has 88 valence electrons. The van der Waals surface area contributed by atoms with Crippen LogP contribution in [0.3, 0.4) is 0 Å². The molecule has 1 aromatic carbocycles. The van der Waals surface area contributed by atoms with Gasteiger partial charge in [-0.3, -0.25) is 0 Å². The maximum absolute atomic E-state index is 10.4. The number of ether oxygens (including phenoxy) is 2. The topological polar surface area (TPSA) is 35.5 Å². The summed E-state index contributed by atoms with van der Waals surface area (Å²) < 4.78 is 10.6. The first kappa shape index (κ1) is 12.6. The fourth-order valence-corrected chi connectivity index (χ4v) is 1.81. The fraction of sp³-hybridized carbons (Fsp3) is 0.462. The Morgan fingerprint density at radius 2 is 1.88 bits per heavy atom. The molecule has 0 saturated carbocycles. The Hall–Kier alpha value is -1.51. The maximum atomic E-state index is 10.4. The Morgan fingerprint density at radius 1 is 1.19 bits per heavy atom. The summed E-state index contributed by atoms with van der Waals surface area (Å²) in [7, 11) is 3.26. The van der Waals surface area contributed by atoms with Crippen molar-refractivity contribution in [3.8, 4) is 11.5 Å². The van der Waals surface area contributed by atoms with Gasteiger partial charge in [0.15, 0.2) is 11.5 Å². The molecule has 0 fully saturated rings. The lowest BCUT2D eigenvalue weighted by Crippen LogP contribution is -2.00. The average molecular weight is 222 g/mol. The van der Waals surface area contributed by atoms with Gasteiger partial charge in [0.1, 0.15) is 6.29 Å². The van der Waals surface area contributed by atoms with E-state index in [0.29, 0.717) is 6.42 Å². The standard InChI is InChI=1S/C13H18O3/c1-9-10(2)13(16-4)12(15-3)8-11(9)6-5-7-14/h7-8H,5-6H2,1-4H3. The van der Waals surface area contributed by atoms with Gasteiger partial charge in [0, 0.05) is 6.42 Å². The SMILES string of the molecule is COc1cc(CCC=O)c(C)c(C)c1OC. The second-order valence-corrected chi connectivity index (χ2v) is 3.73. The first-order valence-electron chi connectivity index (χ1n) is 5.30. The quantitative estimate of drug-likeness (QED) is 0.718. The highest BCUT2D eigenvalue weighted by atomic mass is 16.5. The fourth-order valence-electron chi connectivity index (χ4n) is 1.81. The molecule has 0 spiro atoms. The number of methoxy groups -OCH3 is 2. The zero-order chi connectivity index (χ0) is 12.1. The number of rotatable bonds is 5. The van der Waals surface area contributed by atoms with Crippen molar-refractivity contribution in [2.75, 3.05) is 14.2 Å². The molecular formula is C13H18O3. The highest BCUT2D eigenvalue weighted by Gasteiger charge is 2.13. The van der Waals surface area contributed by atoms with Crippen molar-refractivity contribution in [1.82, 2.24) is 0 Å². The summed E-state index contributed by atoms with van der Waals surface area (Å²) in [4.78, 5) is 10.4. The van der Waals surface area contributed by atoms with Crippen molar-refractivity contribution in [3.05, 3.63) is 22.8 Å². The van der Waals surface area contributed by atoms with Gasteiger partial charge in [0.25, 0.3) is 0 Å². The summed E-state index contributed by atoms with van der Waals surface area (Å²) in [5, 5.41) is 0. The molecule has 0 amide bonds. The number of aryl methyl sites for hydroxylation is 1. The summed E-state index contributed by atoms with van der Waals surface area (Å²) in [6.45, 7) is 4.04. The minimum absolute atomic E-state index is 0.537. The lowest BCUT2D eigenvalue weighted by molar-refractivity contribution is -0.107. The number of aldehydes is 1. The van der Waals surface area contributed by atoms with Crippen molar-refractivity contribution < 1.29 is 14.3 Å². The third kappa shape index (κ3) is 2.35. The molecule has 1 aromatic rings. The molecule has 3 heteroatoms. The van der Waals surface area contributed by atoms with Gasteiger partial charge in [-0.05, 0) is 43.0 Å². The highest BCUT2D eigenvalue weighted by Crippen LogP contribution is 2.35. The molecule has 0 saturated heterocycles. The lowest BCUT2D eigenvalue weighted by atomic mass is 9.98. The van der Waals surface area contributed by atoms with Crippen LogP contribution in [-0.2, 0) is 11.2 Å². The smallest absolute Gasteiger partial charge is 0.163 e. The van der Waals surface area contributed by atoms with Crippen molar-refractivity contribution in [3.63, 3.8) is 0 Å². The van der Waals surface area contributed by atoms with E-state index < -0.39 is 0 Å². The van der Waals surface area contributed by atoms with Crippen molar-refractivity contribution in [2.45, 2.75) is 26.7 Å². The van der Waals surface area contributed by atoms with Gasteiger partial charge in [-0.1, -0.05) is 0 Å². The summed E-state index contributed by atoms with van der Waals surface area (Å²) in [5.74, 6) is 1.50. The molecular weight excluding hydrogens is 204 g/mol. The van der Waals surface area contributed by atoms with Crippen LogP contribution in [0.25, 0.3) is 0 Å². The maximum Gasteiger partial charge on any atom is 0.163 e. The second-order valence-electron chi connectivity index (χ2n) is 3.73. The van der Waals surface area contributed by atoms with E-state index in [1.807, 2.05) is 19.9 Å². The predicted molar refractivity (Wildman–Crippen MR) is 63.4 cm³/mol. The number of carbonyl (C=O) groups is 1. The summed E-state index contributed by atoms with van der Waals surface area (Å²) in [6.07, 6.45) is 2.22. The molecule has 16 heavy (non-hydrogen) atoms. The van der Waals surface area contributed by atoms with Gasteiger partial charge in [0.05, 0.1) is 14.2 Å². The molecule has 0 aliphatic rings. The van der Waals surface area contributed by atoms with Crippen molar-refractivity contribution in [2.24, 2.45) is 0 Å². The van der Waals surface area contributed by atoms with E-state index >= 15 is 0 Å². The van der Waals surface area contributed by atoms with Crippen molar-refractivity contribution >= 4 is 6.29 Å². The predicted octanol–water partition coefficient (Wildman–Crippen LogP) is 2.45. The number of hydrogen-bond acceptors (Lipinski definition) is 3. The lowest BCUT2D eigenvalue weighted by Gasteiger charge is -2.16. The highest BCUT2D eigenvalue weighted by molar-refractivity contribution is 5.55. The molecule has 0 unspecified atom stereocenters. The van der Waals surface area contributed by atoms with Crippen LogP contribution >= 0.6 is 0 Å². The van der Waals surface area contributed by atoms with E-state index in [1.54, 1.807) is 14.2 Å². The number of carbonyl (C=O) groups excluding carboxylic acids is 1. The third-order valence-electron chi connectivity index (χ3n) is 2.87. The Kier molecular flexibility index (Phi) is 4.35. The molecule has 1 rings (SSSR count). The normalized spacial score (nSPS) is 10.0. The second kappa shape index (κ2) is 5.54. The zero-order valence-electron chi connectivity index (χ0n) is 10.3. The summed E-state index contributed by atoms with van der Waals surface area (Å²) in [5.41, 5.74) is 3.38. The molecule has 0 aromatic heterocycles. The Balaban J connectivity index is 3.21. The van der Waals surface area contributed by atoms with Crippen LogP contribution in [0.1, 0.15) is 23.1 Å². The molecule has 0 bridgehead atoms. The third-order valence-corrected chi connectivity index (χ3v) is 2.87. The van der Waals surface area contributed by atoms with E-state index in [-0.39, 0.29) is 0 Å². The van der Waals surface area contributed by atoms with Gasteiger partial charge in [-0.2, -0.15) is 0 Å². The minimum atomic E-state index is 0.537. The van der Waals surface area contributed by atoms with Crippen LogP contribution in [0, 0.1) is 13.8 Å². The van der Waals surface area contributed by atoms with Gasteiger partial charge in [0.2, 0.25) is 0 Å². The molecule has 0 heterocycles. The first-order chi connectivity index (χ1) is 7.65. The first-order valence-corrected chi connectivity index (χ1v) is 5.30. The Morgan fingerprint density at radius 3 is 2.38 bits per heavy atom. The summed E-state index contributed by atoms with van der Waals surface area (Å²) in [6, 6.07) is 1.95.